The first-order valence-electron chi connectivity index (χ1n) is 14.4. The number of carbonyl (C=O) groups excluding carboxylic acids is 1. The largest absolute Gasteiger partial charge is 0.508 e. The second kappa shape index (κ2) is 12.0. The number of benzene rings is 2. The molecule has 3 aliphatic rings. The molecule has 0 bridgehead atoms. The Balaban J connectivity index is 1.46. The van der Waals surface area contributed by atoms with E-state index in [0.29, 0.717) is 18.7 Å². The van der Waals surface area contributed by atoms with Gasteiger partial charge in [-0.3, -0.25) is 4.90 Å². The van der Waals surface area contributed by atoms with Gasteiger partial charge in [0.05, 0.1) is 36.2 Å². The van der Waals surface area contributed by atoms with Crippen LogP contribution >= 0.6 is 0 Å². The summed E-state index contributed by atoms with van der Waals surface area (Å²) >= 11 is 0. The van der Waals surface area contributed by atoms with Gasteiger partial charge in [-0.15, -0.1) is 0 Å². The highest BCUT2D eigenvalue weighted by molar-refractivity contribution is 7.89. The molecular formula is C30H41N3O8S. The number of phenolic OH excluding ortho intramolecular Hbond substituents is 1. The Labute approximate surface area is 247 Å². The molecule has 5 atom stereocenters. The van der Waals surface area contributed by atoms with E-state index in [-0.39, 0.29) is 48.5 Å². The van der Waals surface area contributed by atoms with Crippen molar-refractivity contribution in [3.63, 3.8) is 0 Å². The lowest BCUT2D eigenvalue weighted by Gasteiger charge is -2.34. The van der Waals surface area contributed by atoms with Gasteiger partial charge >= 0.3 is 6.09 Å². The second-order valence-corrected chi connectivity index (χ2v) is 14.1. The highest BCUT2D eigenvalue weighted by Crippen LogP contribution is 2.38. The summed E-state index contributed by atoms with van der Waals surface area (Å²) in [7, 11) is -3.94. The number of nitrogens with two attached hydrogens (primary N) is 1. The molecule has 5 rings (SSSR count). The molecule has 3 saturated heterocycles. The van der Waals surface area contributed by atoms with Gasteiger partial charge in [0.25, 0.3) is 0 Å². The Hall–Kier alpha value is -2.90. The van der Waals surface area contributed by atoms with Crippen LogP contribution in [0.25, 0.3) is 0 Å². The van der Waals surface area contributed by atoms with E-state index < -0.39 is 40.1 Å². The van der Waals surface area contributed by atoms with Gasteiger partial charge in [-0.25, -0.2) is 13.2 Å². The third kappa shape index (κ3) is 6.37. The third-order valence-electron chi connectivity index (χ3n) is 8.04. The van der Waals surface area contributed by atoms with Crippen LogP contribution in [-0.4, -0.2) is 85.4 Å². The number of anilines is 1. The van der Waals surface area contributed by atoms with Gasteiger partial charge in [0.1, 0.15) is 17.6 Å². The summed E-state index contributed by atoms with van der Waals surface area (Å²) in [4.78, 5) is 15.5. The minimum atomic E-state index is -3.94. The number of fused-ring (bicyclic) bond motifs is 1. The zero-order valence-electron chi connectivity index (χ0n) is 24.5. The van der Waals surface area contributed by atoms with Crippen LogP contribution in [0.3, 0.4) is 0 Å². The Morgan fingerprint density at radius 3 is 2.62 bits per heavy atom. The van der Waals surface area contributed by atoms with Gasteiger partial charge in [0, 0.05) is 18.8 Å². The fraction of sp³-hybridized carbons (Fsp3) is 0.567. The fourth-order valence-corrected chi connectivity index (χ4v) is 7.79. The number of amides is 1. The van der Waals surface area contributed by atoms with Crippen LogP contribution in [0.4, 0.5) is 10.5 Å². The molecule has 3 fully saturated rings. The number of aromatic hydroxyl groups is 1. The molecule has 0 aliphatic carbocycles. The van der Waals surface area contributed by atoms with Crippen molar-refractivity contribution in [3.05, 3.63) is 54.1 Å². The summed E-state index contributed by atoms with van der Waals surface area (Å²) in [6.45, 7) is 8.52. The maximum Gasteiger partial charge on any atom is 0.412 e. The van der Waals surface area contributed by atoms with Crippen molar-refractivity contribution < 1.29 is 37.3 Å². The fourth-order valence-electron chi connectivity index (χ4n) is 6.12. The number of hydrogen-bond acceptors (Lipinski definition) is 9. The molecule has 0 aromatic heterocycles. The maximum absolute atomic E-state index is 13.9. The normalized spacial score (nSPS) is 27.1. The second-order valence-electron chi connectivity index (χ2n) is 12.1. The van der Waals surface area contributed by atoms with Gasteiger partial charge in [-0.05, 0) is 68.5 Å². The van der Waals surface area contributed by atoms with Crippen molar-refractivity contribution in [2.45, 2.75) is 75.7 Å². The first-order valence-corrected chi connectivity index (χ1v) is 15.8. The zero-order chi connectivity index (χ0) is 30.2. The topological polar surface area (TPSA) is 141 Å². The van der Waals surface area contributed by atoms with Gasteiger partial charge in [0.2, 0.25) is 10.0 Å². The quantitative estimate of drug-likeness (QED) is 0.412. The predicted octanol–water partition coefficient (Wildman–Crippen LogP) is 3.57. The van der Waals surface area contributed by atoms with Crippen molar-refractivity contribution >= 4 is 21.8 Å². The van der Waals surface area contributed by atoms with E-state index in [2.05, 4.69) is 0 Å². The van der Waals surface area contributed by atoms with Crippen molar-refractivity contribution in [1.82, 2.24) is 9.21 Å². The van der Waals surface area contributed by atoms with E-state index in [1.165, 1.54) is 16.4 Å². The molecule has 0 spiro atoms. The Kier molecular flexibility index (Phi) is 8.73. The molecule has 42 heavy (non-hydrogen) atoms. The van der Waals surface area contributed by atoms with Gasteiger partial charge in [-0.1, -0.05) is 32.0 Å². The van der Waals surface area contributed by atoms with Crippen molar-refractivity contribution in [2.24, 2.45) is 11.8 Å². The Bertz CT molecular complexity index is 1370. The number of nitrogen functional groups attached to an aromatic ring is 1. The first-order chi connectivity index (χ1) is 19.8. The van der Waals surface area contributed by atoms with E-state index in [9.17, 15) is 18.3 Å². The van der Waals surface area contributed by atoms with Crippen LogP contribution in [0.1, 0.15) is 39.7 Å². The summed E-state index contributed by atoms with van der Waals surface area (Å²) < 4.78 is 53.0. The molecule has 3 heterocycles. The molecule has 2 aromatic rings. The standard InChI is InChI=1S/C30H41N3O8S/c1-19(2)16-32(42(36,37)23-7-5-6-21(31)15-23)17-26-25(14-20-8-10-22(34)11-9-20)33(30(3,4)41-26)29(35)40-27-18-39-28-24(27)12-13-38-28/h5-11,15,19,24-28,34H,12-14,16-18,31H2,1-4H3. The van der Waals surface area contributed by atoms with Crippen molar-refractivity contribution in [3.8, 4) is 5.75 Å². The first kappa shape index (κ1) is 30.6. The van der Waals surface area contributed by atoms with E-state index in [4.69, 9.17) is 24.7 Å². The summed E-state index contributed by atoms with van der Waals surface area (Å²) in [5, 5.41) is 9.83. The summed E-state index contributed by atoms with van der Waals surface area (Å²) in [5.41, 5.74) is 6.03. The molecule has 0 radical (unpaired) electrons. The van der Waals surface area contributed by atoms with Crippen LogP contribution in [-0.2, 0) is 35.4 Å². The smallest absolute Gasteiger partial charge is 0.412 e. The molecule has 2 aromatic carbocycles. The van der Waals surface area contributed by atoms with Crippen molar-refractivity contribution in [2.75, 3.05) is 32.0 Å². The van der Waals surface area contributed by atoms with E-state index in [1.807, 2.05) is 13.8 Å². The van der Waals surface area contributed by atoms with Crippen LogP contribution in [0.2, 0.25) is 0 Å². The van der Waals surface area contributed by atoms with Crippen LogP contribution in [0.5, 0.6) is 5.75 Å². The van der Waals surface area contributed by atoms with Crippen LogP contribution in [0, 0.1) is 11.8 Å². The van der Waals surface area contributed by atoms with E-state index in [0.717, 1.165) is 12.0 Å². The molecule has 1 amide bonds. The Morgan fingerprint density at radius 1 is 1.19 bits per heavy atom. The van der Waals surface area contributed by atoms with Crippen LogP contribution in [0.15, 0.2) is 53.4 Å². The monoisotopic (exact) mass is 603 g/mol. The zero-order valence-corrected chi connectivity index (χ0v) is 25.3. The van der Waals surface area contributed by atoms with E-state index in [1.54, 1.807) is 55.1 Å². The molecule has 11 nitrogen and oxygen atoms in total. The summed E-state index contributed by atoms with van der Waals surface area (Å²) in [6, 6.07) is 12.4. The van der Waals surface area contributed by atoms with Crippen LogP contribution < -0.4 is 5.73 Å². The third-order valence-corrected chi connectivity index (χ3v) is 9.87. The minimum Gasteiger partial charge on any atom is -0.508 e. The maximum atomic E-state index is 13.9. The highest BCUT2D eigenvalue weighted by atomic mass is 32.2. The molecule has 12 heteroatoms. The van der Waals surface area contributed by atoms with Gasteiger partial charge < -0.3 is 29.8 Å². The molecule has 3 N–H and O–H groups in total. The molecule has 230 valence electrons. The molecule has 5 unspecified atom stereocenters. The average molecular weight is 604 g/mol. The number of ether oxygens (including phenoxy) is 4. The van der Waals surface area contributed by atoms with Gasteiger partial charge in [-0.2, -0.15) is 4.31 Å². The SMILES string of the molecule is CC(C)CN(CC1OC(C)(C)N(C(=O)OC2COC3OCCC23)C1Cc1ccc(O)cc1)S(=O)(=O)c1cccc(N)c1. The minimum absolute atomic E-state index is 0.0103. The lowest BCUT2D eigenvalue weighted by Crippen LogP contribution is -2.51. The lowest BCUT2D eigenvalue weighted by atomic mass is 9.99. The predicted molar refractivity (Wildman–Crippen MR) is 155 cm³/mol. The number of sulfonamides is 1. The van der Waals surface area contributed by atoms with Gasteiger partial charge in [0.15, 0.2) is 6.29 Å². The Morgan fingerprint density at radius 2 is 1.93 bits per heavy atom. The lowest BCUT2D eigenvalue weighted by molar-refractivity contribution is -0.0911. The molecular weight excluding hydrogens is 562 g/mol. The summed E-state index contributed by atoms with van der Waals surface area (Å²) in [5.74, 6) is 0.119. The molecule has 0 saturated carbocycles. The number of carbonyl (C=O) groups is 1. The molecule has 3 aliphatic heterocycles. The number of rotatable bonds is 9. The average Bonchev–Trinajstić information content (AvgIpc) is 3.59. The van der Waals surface area contributed by atoms with E-state index >= 15 is 0 Å². The number of hydrogen-bond donors (Lipinski definition) is 2. The number of nitrogens with zero attached hydrogens (tertiary/aromatic N) is 2. The van der Waals surface area contributed by atoms with Crippen molar-refractivity contribution in [1.29, 1.82) is 0 Å². The highest BCUT2D eigenvalue weighted by Gasteiger charge is 2.53. The summed E-state index contributed by atoms with van der Waals surface area (Å²) in [6.07, 6.45) is -0.953. The number of phenols is 1.